The van der Waals surface area contributed by atoms with Gasteiger partial charge in [0.25, 0.3) is 7.45 Å². The second kappa shape index (κ2) is 5.79. The SMILES string of the molecule is CC1CCC(C(C)C)C(P(=O)(F)c2ccccc2)C1. The Bertz CT molecular complexity index is 457. The Morgan fingerprint density at radius 1 is 1.21 bits per heavy atom. The predicted molar refractivity (Wildman–Crippen MR) is 79.9 cm³/mol. The largest absolute Gasteiger partial charge is 0.282 e. The molecule has 0 aliphatic heterocycles. The molecular formula is C16H24FOP. The third kappa shape index (κ3) is 3.11. The van der Waals surface area contributed by atoms with Crippen LogP contribution in [0.5, 0.6) is 0 Å². The predicted octanol–water partition coefficient (Wildman–Crippen LogP) is 5.02. The van der Waals surface area contributed by atoms with Gasteiger partial charge in [0.05, 0.1) is 0 Å². The maximum Gasteiger partial charge on any atom is 0.275 e. The first-order chi connectivity index (χ1) is 8.93. The van der Waals surface area contributed by atoms with E-state index in [0.29, 0.717) is 17.1 Å². The summed E-state index contributed by atoms with van der Waals surface area (Å²) in [7, 11) is -3.77. The molecule has 0 radical (unpaired) electrons. The third-order valence-electron chi connectivity index (χ3n) is 4.52. The summed E-state index contributed by atoms with van der Waals surface area (Å²) in [6.45, 7) is 6.39. The van der Waals surface area contributed by atoms with Gasteiger partial charge in [0, 0.05) is 11.0 Å². The van der Waals surface area contributed by atoms with E-state index in [1.807, 2.05) is 6.07 Å². The summed E-state index contributed by atoms with van der Waals surface area (Å²) in [5.74, 6) is 1.12. The average Bonchev–Trinajstić information content (AvgIpc) is 2.39. The van der Waals surface area contributed by atoms with Gasteiger partial charge in [-0.05, 0) is 42.7 Å². The Hall–Kier alpha value is -0.620. The van der Waals surface area contributed by atoms with E-state index in [0.717, 1.165) is 19.3 Å². The van der Waals surface area contributed by atoms with Crippen LogP contribution >= 0.6 is 7.45 Å². The van der Waals surface area contributed by atoms with E-state index in [-0.39, 0.29) is 11.6 Å². The van der Waals surface area contributed by atoms with Crippen molar-refractivity contribution in [3.05, 3.63) is 30.3 Å². The van der Waals surface area contributed by atoms with Crippen LogP contribution in [0.15, 0.2) is 30.3 Å². The topological polar surface area (TPSA) is 17.1 Å². The Morgan fingerprint density at radius 2 is 1.84 bits per heavy atom. The molecule has 0 heterocycles. The van der Waals surface area contributed by atoms with Crippen LogP contribution in [0.2, 0.25) is 0 Å². The molecule has 0 bridgehead atoms. The van der Waals surface area contributed by atoms with Gasteiger partial charge in [-0.15, -0.1) is 0 Å². The Balaban J connectivity index is 2.33. The van der Waals surface area contributed by atoms with Gasteiger partial charge in [-0.2, -0.15) is 4.20 Å². The van der Waals surface area contributed by atoms with Gasteiger partial charge in [-0.1, -0.05) is 45.4 Å². The van der Waals surface area contributed by atoms with E-state index >= 15 is 4.20 Å². The highest BCUT2D eigenvalue weighted by molar-refractivity contribution is 7.67. The molecule has 3 heteroatoms. The van der Waals surface area contributed by atoms with E-state index < -0.39 is 7.45 Å². The Morgan fingerprint density at radius 3 is 2.42 bits per heavy atom. The van der Waals surface area contributed by atoms with E-state index in [1.165, 1.54) is 0 Å². The van der Waals surface area contributed by atoms with Crippen LogP contribution in [0, 0.1) is 17.8 Å². The summed E-state index contributed by atoms with van der Waals surface area (Å²) in [6, 6.07) is 8.75. The lowest BCUT2D eigenvalue weighted by Crippen LogP contribution is -2.33. The highest BCUT2D eigenvalue weighted by Gasteiger charge is 2.44. The zero-order valence-electron chi connectivity index (χ0n) is 12.1. The smallest absolute Gasteiger partial charge is 0.275 e. The molecule has 19 heavy (non-hydrogen) atoms. The van der Waals surface area contributed by atoms with Crippen molar-refractivity contribution in [1.29, 1.82) is 0 Å². The molecule has 2 rings (SSSR count). The number of rotatable bonds is 3. The standard InChI is InChI=1S/C16H24FOP/c1-12(2)15-10-9-13(3)11-16(15)19(17,18)14-7-5-4-6-8-14/h4-8,12-13,15-16H,9-11H2,1-3H3. The lowest BCUT2D eigenvalue weighted by molar-refractivity contribution is 0.233. The summed E-state index contributed by atoms with van der Waals surface area (Å²) >= 11 is 0. The van der Waals surface area contributed by atoms with Crippen LogP contribution < -0.4 is 5.30 Å². The zero-order valence-corrected chi connectivity index (χ0v) is 12.9. The van der Waals surface area contributed by atoms with Crippen molar-refractivity contribution in [3.8, 4) is 0 Å². The quantitative estimate of drug-likeness (QED) is 0.711. The molecule has 1 aromatic rings. The average molecular weight is 282 g/mol. The van der Waals surface area contributed by atoms with Gasteiger partial charge in [0.15, 0.2) is 0 Å². The lowest BCUT2D eigenvalue weighted by Gasteiger charge is -2.38. The highest BCUT2D eigenvalue weighted by atomic mass is 31.2. The summed E-state index contributed by atoms with van der Waals surface area (Å²) in [6.07, 6.45) is 2.89. The molecule has 1 nitrogen and oxygen atoms in total. The zero-order chi connectivity index (χ0) is 14.0. The fourth-order valence-electron chi connectivity index (χ4n) is 3.36. The summed E-state index contributed by atoms with van der Waals surface area (Å²) < 4.78 is 27.8. The van der Waals surface area contributed by atoms with Gasteiger partial charge in [0.1, 0.15) is 0 Å². The molecule has 4 unspecified atom stereocenters. The molecule has 1 aliphatic carbocycles. The van der Waals surface area contributed by atoms with Crippen molar-refractivity contribution in [2.24, 2.45) is 17.8 Å². The van der Waals surface area contributed by atoms with Crippen molar-refractivity contribution in [3.63, 3.8) is 0 Å². The van der Waals surface area contributed by atoms with Gasteiger partial charge in [-0.3, -0.25) is 4.57 Å². The summed E-state index contributed by atoms with van der Waals surface area (Å²) in [5, 5.41) is 0.403. The monoisotopic (exact) mass is 282 g/mol. The second-order valence-electron chi connectivity index (χ2n) is 6.31. The molecule has 0 spiro atoms. The number of hydrogen-bond acceptors (Lipinski definition) is 1. The van der Waals surface area contributed by atoms with Gasteiger partial charge >= 0.3 is 0 Å². The van der Waals surface area contributed by atoms with Crippen LogP contribution in [0.3, 0.4) is 0 Å². The maximum atomic E-state index is 15.0. The molecule has 1 aliphatic rings. The first-order valence-electron chi connectivity index (χ1n) is 7.28. The Kier molecular flexibility index (Phi) is 4.50. The molecule has 0 aromatic heterocycles. The van der Waals surface area contributed by atoms with Crippen molar-refractivity contribution < 1.29 is 8.76 Å². The normalized spacial score (nSPS) is 31.1. The van der Waals surface area contributed by atoms with E-state index in [4.69, 9.17) is 0 Å². The van der Waals surface area contributed by atoms with Crippen molar-refractivity contribution in [2.45, 2.75) is 45.7 Å². The molecule has 0 N–H and O–H groups in total. The van der Waals surface area contributed by atoms with Gasteiger partial charge < -0.3 is 0 Å². The van der Waals surface area contributed by atoms with Crippen LogP contribution in [0.25, 0.3) is 0 Å². The molecule has 0 saturated heterocycles. The van der Waals surface area contributed by atoms with Gasteiger partial charge in [0.2, 0.25) is 0 Å². The van der Waals surface area contributed by atoms with Gasteiger partial charge in [-0.25, -0.2) is 0 Å². The lowest BCUT2D eigenvalue weighted by atomic mass is 9.77. The summed E-state index contributed by atoms with van der Waals surface area (Å²) in [5.41, 5.74) is -0.293. The van der Waals surface area contributed by atoms with Crippen LogP contribution in [0.4, 0.5) is 4.20 Å². The number of benzene rings is 1. The molecule has 4 atom stereocenters. The van der Waals surface area contributed by atoms with Crippen LogP contribution in [-0.2, 0) is 4.57 Å². The Labute approximate surface area is 116 Å². The minimum atomic E-state index is -3.77. The number of hydrogen-bond donors (Lipinski definition) is 0. The fraction of sp³-hybridized carbons (Fsp3) is 0.625. The molecule has 1 fully saturated rings. The highest BCUT2D eigenvalue weighted by Crippen LogP contribution is 2.59. The third-order valence-corrected chi connectivity index (χ3v) is 6.97. The molecule has 1 saturated carbocycles. The molecule has 1 aromatic carbocycles. The van der Waals surface area contributed by atoms with Crippen molar-refractivity contribution in [1.82, 2.24) is 0 Å². The summed E-state index contributed by atoms with van der Waals surface area (Å²) in [4.78, 5) is 0. The van der Waals surface area contributed by atoms with E-state index in [9.17, 15) is 4.57 Å². The number of halogens is 1. The molecule has 106 valence electrons. The maximum absolute atomic E-state index is 15.0. The van der Waals surface area contributed by atoms with E-state index in [1.54, 1.807) is 24.3 Å². The molecule has 0 amide bonds. The molecular weight excluding hydrogens is 258 g/mol. The fourth-order valence-corrected chi connectivity index (χ4v) is 5.94. The van der Waals surface area contributed by atoms with Crippen molar-refractivity contribution in [2.75, 3.05) is 0 Å². The van der Waals surface area contributed by atoms with E-state index in [2.05, 4.69) is 20.8 Å². The van der Waals surface area contributed by atoms with Crippen LogP contribution in [0.1, 0.15) is 40.0 Å². The van der Waals surface area contributed by atoms with Crippen molar-refractivity contribution >= 4 is 12.8 Å². The first-order valence-corrected chi connectivity index (χ1v) is 8.94. The second-order valence-corrected chi connectivity index (χ2v) is 8.64. The minimum absolute atomic E-state index is 0.243. The van der Waals surface area contributed by atoms with Crippen LogP contribution in [-0.4, -0.2) is 5.66 Å². The first kappa shape index (κ1) is 14.8. The minimum Gasteiger partial charge on any atom is -0.282 e.